The minimum Gasteiger partial charge on any atom is -0.315 e. The molecule has 0 aromatic heterocycles. The van der Waals surface area contributed by atoms with Gasteiger partial charge in [0.1, 0.15) is 5.78 Å². The Morgan fingerprint density at radius 1 is 1.36 bits per heavy atom. The van der Waals surface area contributed by atoms with Crippen molar-refractivity contribution in [2.45, 2.75) is 25.7 Å². The molecule has 11 heavy (non-hydrogen) atoms. The van der Waals surface area contributed by atoms with Gasteiger partial charge in [-0.2, -0.15) is 0 Å². The van der Waals surface area contributed by atoms with Crippen molar-refractivity contribution >= 4 is 5.78 Å². The van der Waals surface area contributed by atoms with Crippen LogP contribution < -0.4 is 5.32 Å². The number of hydrogen-bond acceptors (Lipinski definition) is 2. The highest BCUT2D eigenvalue weighted by Crippen LogP contribution is 2.30. The third-order valence-electron chi connectivity index (χ3n) is 2.95. The van der Waals surface area contributed by atoms with Crippen molar-refractivity contribution in [3.05, 3.63) is 0 Å². The second-order valence-corrected chi connectivity index (χ2v) is 3.82. The number of ketones is 1. The molecule has 0 bridgehead atoms. The number of nitrogens with one attached hydrogen (secondary N) is 1. The molecule has 62 valence electrons. The van der Waals surface area contributed by atoms with Crippen molar-refractivity contribution in [2.24, 2.45) is 11.8 Å². The van der Waals surface area contributed by atoms with E-state index in [2.05, 4.69) is 5.32 Å². The first kappa shape index (κ1) is 7.29. The number of hydrogen-bond donors (Lipinski definition) is 1. The van der Waals surface area contributed by atoms with Crippen molar-refractivity contribution in [3.63, 3.8) is 0 Å². The molecule has 2 nitrogen and oxygen atoms in total. The summed E-state index contributed by atoms with van der Waals surface area (Å²) in [5, 5.41) is 3.13. The van der Waals surface area contributed by atoms with Crippen molar-refractivity contribution < 1.29 is 4.79 Å². The molecular weight excluding hydrogens is 138 g/mol. The maximum Gasteiger partial charge on any atom is 0.138 e. The van der Waals surface area contributed by atoms with Gasteiger partial charge in [0.25, 0.3) is 0 Å². The standard InChI is InChI=1S/C9H15NO/c11-9(8-5-10-6-8)4-7-2-1-3-7/h7-8,10H,1-6H2. The van der Waals surface area contributed by atoms with Crippen molar-refractivity contribution in [2.75, 3.05) is 13.1 Å². The van der Waals surface area contributed by atoms with Crippen LogP contribution >= 0.6 is 0 Å². The fourth-order valence-electron chi connectivity index (χ4n) is 1.66. The van der Waals surface area contributed by atoms with Gasteiger partial charge in [-0.05, 0) is 5.92 Å². The van der Waals surface area contributed by atoms with E-state index in [0.29, 0.717) is 11.7 Å². The Labute approximate surface area is 67.4 Å². The van der Waals surface area contributed by atoms with Crippen LogP contribution in [0.4, 0.5) is 0 Å². The Balaban J connectivity index is 1.71. The van der Waals surface area contributed by atoms with Crippen LogP contribution in [0.3, 0.4) is 0 Å². The van der Waals surface area contributed by atoms with Crippen LogP contribution in [-0.4, -0.2) is 18.9 Å². The SMILES string of the molecule is O=C(CC1CCC1)C1CNC1. The minimum atomic E-state index is 0.371. The van der Waals surface area contributed by atoms with E-state index in [-0.39, 0.29) is 0 Å². The molecule has 2 heteroatoms. The molecule has 0 amide bonds. The molecule has 1 aliphatic carbocycles. The highest BCUT2D eigenvalue weighted by Gasteiger charge is 2.28. The second kappa shape index (κ2) is 2.94. The highest BCUT2D eigenvalue weighted by atomic mass is 16.1. The van der Waals surface area contributed by atoms with Crippen molar-refractivity contribution in [1.82, 2.24) is 5.32 Å². The van der Waals surface area contributed by atoms with Gasteiger partial charge >= 0.3 is 0 Å². The van der Waals surface area contributed by atoms with E-state index in [9.17, 15) is 4.79 Å². The number of carbonyl (C=O) groups excluding carboxylic acids is 1. The van der Waals surface area contributed by atoms with Gasteiger partial charge in [0.15, 0.2) is 0 Å². The molecule has 1 saturated heterocycles. The first-order chi connectivity index (χ1) is 5.36. The average molecular weight is 153 g/mol. The van der Waals surface area contributed by atoms with Crippen LogP contribution in [0.1, 0.15) is 25.7 Å². The normalized spacial score (nSPS) is 25.8. The Morgan fingerprint density at radius 3 is 2.45 bits per heavy atom. The van der Waals surface area contributed by atoms with Crippen LogP contribution in [0.25, 0.3) is 0 Å². The Kier molecular flexibility index (Phi) is 1.95. The predicted octanol–water partition coefficient (Wildman–Crippen LogP) is 0.965. The summed E-state index contributed by atoms with van der Waals surface area (Å²) >= 11 is 0. The summed E-state index contributed by atoms with van der Waals surface area (Å²) in [5.41, 5.74) is 0. The molecule has 0 radical (unpaired) electrons. The summed E-state index contributed by atoms with van der Waals surface area (Å²) in [6, 6.07) is 0. The average Bonchev–Trinajstić information content (AvgIpc) is 1.74. The van der Waals surface area contributed by atoms with Crippen molar-refractivity contribution in [3.8, 4) is 0 Å². The van der Waals surface area contributed by atoms with Gasteiger partial charge in [-0.15, -0.1) is 0 Å². The Hall–Kier alpha value is -0.370. The number of carbonyl (C=O) groups is 1. The number of rotatable bonds is 3. The molecule has 0 aromatic rings. The van der Waals surface area contributed by atoms with Gasteiger partial charge in [0, 0.05) is 25.4 Å². The Morgan fingerprint density at radius 2 is 2.09 bits per heavy atom. The first-order valence-electron chi connectivity index (χ1n) is 4.59. The lowest BCUT2D eigenvalue weighted by Gasteiger charge is -2.30. The predicted molar refractivity (Wildman–Crippen MR) is 43.3 cm³/mol. The molecule has 2 aliphatic rings. The zero-order chi connectivity index (χ0) is 7.68. The molecule has 2 fully saturated rings. The lowest BCUT2D eigenvalue weighted by atomic mass is 9.79. The summed E-state index contributed by atoms with van der Waals surface area (Å²) < 4.78 is 0. The van der Waals surface area contributed by atoms with Crippen LogP contribution in [0.2, 0.25) is 0 Å². The fraction of sp³-hybridized carbons (Fsp3) is 0.889. The molecule has 1 heterocycles. The molecular formula is C9H15NO. The molecule has 0 unspecified atom stereocenters. The van der Waals surface area contributed by atoms with Crippen LogP contribution in [-0.2, 0) is 4.79 Å². The molecule has 0 spiro atoms. The van der Waals surface area contributed by atoms with Crippen molar-refractivity contribution in [1.29, 1.82) is 0 Å². The van der Waals surface area contributed by atoms with E-state index >= 15 is 0 Å². The molecule has 0 atom stereocenters. The fourth-order valence-corrected chi connectivity index (χ4v) is 1.66. The maximum absolute atomic E-state index is 11.4. The van der Waals surface area contributed by atoms with E-state index in [4.69, 9.17) is 0 Å². The summed E-state index contributed by atoms with van der Waals surface area (Å²) in [4.78, 5) is 11.4. The van der Waals surface area contributed by atoms with Gasteiger partial charge in [-0.1, -0.05) is 19.3 Å². The number of Topliss-reactive ketones (excluding diaryl/α,β-unsaturated/α-hetero) is 1. The maximum atomic E-state index is 11.4. The molecule has 1 N–H and O–H groups in total. The second-order valence-electron chi connectivity index (χ2n) is 3.82. The van der Waals surface area contributed by atoms with E-state index in [0.717, 1.165) is 25.4 Å². The molecule has 0 aromatic carbocycles. The smallest absolute Gasteiger partial charge is 0.138 e. The quantitative estimate of drug-likeness (QED) is 0.654. The van der Waals surface area contributed by atoms with E-state index < -0.39 is 0 Å². The summed E-state index contributed by atoms with van der Waals surface area (Å²) in [7, 11) is 0. The zero-order valence-corrected chi connectivity index (χ0v) is 6.81. The molecule has 2 rings (SSSR count). The minimum absolute atomic E-state index is 0.371. The lowest BCUT2D eigenvalue weighted by molar-refractivity contribution is -0.125. The summed E-state index contributed by atoms with van der Waals surface area (Å²) in [6.07, 6.45) is 4.81. The van der Waals surface area contributed by atoms with Crippen LogP contribution in [0.15, 0.2) is 0 Å². The lowest BCUT2D eigenvalue weighted by Crippen LogP contribution is -2.47. The van der Waals surface area contributed by atoms with Gasteiger partial charge in [-0.3, -0.25) is 4.79 Å². The third kappa shape index (κ3) is 1.45. The van der Waals surface area contributed by atoms with Crippen LogP contribution in [0, 0.1) is 11.8 Å². The molecule has 1 aliphatic heterocycles. The highest BCUT2D eigenvalue weighted by molar-refractivity contribution is 5.82. The van der Waals surface area contributed by atoms with E-state index in [1.165, 1.54) is 19.3 Å². The Bertz CT molecular complexity index is 159. The summed E-state index contributed by atoms with van der Waals surface area (Å²) in [6.45, 7) is 1.87. The van der Waals surface area contributed by atoms with Gasteiger partial charge < -0.3 is 5.32 Å². The first-order valence-corrected chi connectivity index (χ1v) is 4.59. The largest absolute Gasteiger partial charge is 0.315 e. The van der Waals surface area contributed by atoms with Gasteiger partial charge in [0.2, 0.25) is 0 Å². The van der Waals surface area contributed by atoms with E-state index in [1.54, 1.807) is 0 Å². The summed E-state index contributed by atoms with van der Waals surface area (Å²) in [5.74, 6) is 1.63. The monoisotopic (exact) mass is 153 g/mol. The third-order valence-corrected chi connectivity index (χ3v) is 2.95. The molecule has 1 saturated carbocycles. The van der Waals surface area contributed by atoms with Gasteiger partial charge in [0.05, 0.1) is 0 Å². The van der Waals surface area contributed by atoms with Gasteiger partial charge in [-0.25, -0.2) is 0 Å². The zero-order valence-electron chi connectivity index (χ0n) is 6.81. The topological polar surface area (TPSA) is 29.1 Å². The van der Waals surface area contributed by atoms with E-state index in [1.807, 2.05) is 0 Å². The van der Waals surface area contributed by atoms with Crippen LogP contribution in [0.5, 0.6) is 0 Å².